The molecule has 8 nitrogen and oxygen atoms in total. The third kappa shape index (κ3) is 4.59. The number of rotatable bonds is 5. The van der Waals surface area contributed by atoms with E-state index < -0.39 is 21.9 Å². The van der Waals surface area contributed by atoms with Crippen LogP contribution in [-0.4, -0.2) is 38.5 Å². The number of para-hydroxylation sites is 1. The predicted molar refractivity (Wildman–Crippen MR) is 155 cm³/mol. The van der Waals surface area contributed by atoms with Gasteiger partial charge in [-0.15, -0.1) is 0 Å². The normalized spacial score (nSPS) is 13.9. The summed E-state index contributed by atoms with van der Waals surface area (Å²) in [6, 6.07) is 25.1. The second-order valence-electron chi connectivity index (χ2n) is 9.43. The van der Waals surface area contributed by atoms with E-state index in [1.807, 2.05) is 60.7 Å². The summed E-state index contributed by atoms with van der Waals surface area (Å²) < 4.78 is 35.8. The molecule has 1 amide bonds. The van der Waals surface area contributed by atoms with Gasteiger partial charge in [-0.2, -0.15) is 4.99 Å². The van der Waals surface area contributed by atoms with Gasteiger partial charge in [-0.25, -0.2) is 8.42 Å². The van der Waals surface area contributed by atoms with E-state index in [0.29, 0.717) is 17.0 Å². The molecule has 1 aliphatic heterocycles. The van der Waals surface area contributed by atoms with Crippen LogP contribution in [0.4, 0.5) is 5.69 Å². The van der Waals surface area contributed by atoms with E-state index in [1.54, 1.807) is 4.57 Å². The first-order chi connectivity index (χ1) is 19.4. The average Bonchev–Trinajstić information content (AvgIpc) is 3.33. The lowest BCUT2D eigenvalue weighted by Crippen LogP contribution is -2.35. The van der Waals surface area contributed by atoms with Gasteiger partial charge >= 0.3 is 5.97 Å². The van der Waals surface area contributed by atoms with Crippen molar-refractivity contribution < 1.29 is 22.7 Å². The Kier molecular flexibility index (Phi) is 6.73. The third-order valence-corrected chi connectivity index (χ3v) is 10.00. The summed E-state index contributed by atoms with van der Waals surface area (Å²) in [6.07, 6.45) is 1.57. The summed E-state index contributed by atoms with van der Waals surface area (Å²) in [5.74, 6) is -1.00. The number of methoxy groups -OCH3 is 1. The van der Waals surface area contributed by atoms with Crippen molar-refractivity contribution in [2.45, 2.75) is 24.3 Å². The fourth-order valence-corrected chi connectivity index (χ4v) is 7.73. The Hall–Kier alpha value is -4.28. The number of aromatic nitrogens is 1. The largest absolute Gasteiger partial charge is 0.468 e. The zero-order chi connectivity index (χ0) is 27.9. The Balaban J connectivity index is 1.37. The number of thiazole rings is 1. The fraction of sp³-hybridized carbons (Fsp3) is 0.167. The second-order valence-corrected chi connectivity index (χ2v) is 12.3. The number of ether oxygens (including phenoxy) is 1. The number of hydrogen-bond donors (Lipinski definition) is 0. The number of carbonyl (C=O) groups excluding carboxylic acids is 2. The van der Waals surface area contributed by atoms with Crippen molar-refractivity contribution in [1.29, 1.82) is 0 Å². The molecule has 202 valence electrons. The van der Waals surface area contributed by atoms with Crippen molar-refractivity contribution in [3.63, 3.8) is 0 Å². The number of esters is 1. The van der Waals surface area contributed by atoms with Crippen LogP contribution in [0, 0.1) is 0 Å². The van der Waals surface area contributed by atoms with Crippen LogP contribution in [0.5, 0.6) is 0 Å². The van der Waals surface area contributed by atoms with Gasteiger partial charge in [0.25, 0.3) is 15.9 Å². The maximum absolute atomic E-state index is 13.5. The highest BCUT2D eigenvalue weighted by Crippen LogP contribution is 2.32. The van der Waals surface area contributed by atoms with Crippen LogP contribution >= 0.6 is 11.3 Å². The Bertz CT molecular complexity index is 1960. The maximum Gasteiger partial charge on any atom is 0.325 e. The summed E-state index contributed by atoms with van der Waals surface area (Å²) >= 11 is 1.31. The summed E-state index contributed by atoms with van der Waals surface area (Å²) in [5, 5.41) is 2.03. The third-order valence-electron chi connectivity index (χ3n) is 7.04. The molecular formula is C30H25N3O5S2. The molecule has 10 heteroatoms. The van der Waals surface area contributed by atoms with E-state index in [1.165, 1.54) is 47.0 Å². The van der Waals surface area contributed by atoms with Crippen LogP contribution in [0.3, 0.4) is 0 Å². The first-order valence-electron chi connectivity index (χ1n) is 12.7. The number of aryl methyl sites for hydroxylation is 1. The quantitative estimate of drug-likeness (QED) is 0.279. The minimum absolute atomic E-state index is 0.102. The van der Waals surface area contributed by atoms with Crippen LogP contribution in [0.1, 0.15) is 22.3 Å². The molecular weight excluding hydrogens is 546 g/mol. The standard InChI is InChI=1S/C30H25N3O5S2/c1-38-27(34)19-32-26-17-14-20-7-2-4-10-24(20)28(26)39-30(32)31-29(35)22-12-15-23(16-13-22)40(36,37)33-18-6-9-21-8-3-5-11-25(21)33/h2-5,7-8,10-17H,6,9,18-19H2,1H3. The lowest BCUT2D eigenvalue weighted by molar-refractivity contribution is -0.141. The maximum atomic E-state index is 13.5. The van der Waals surface area contributed by atoms with Crippen molar-refractivity contribution in [2.24, 2.45) is 4.99 Å². The number of nitrogens with zero attached hydrogens (tertiary/aromatic N) is 3. The lowest BCUT2D eigenvalue weighted by atomic mass is 10.0. The van der Waals surface area contributed by atoms with E-state index in [4.69, 9.17) is 4.74 Å². The van der Waals surface area contributed by atoms with Gasteiger partial charge in [0.05, 0.1) is 27.9 Å². The zero-order valence-electron chi connectivity index (χ0n) is 21.6. The van der Waals surface area contributed by atoms with Gasteiger partial charge < -0.3 is 9.30 Å². The first-order valence-corrected chi connectivity index (χ1v) is 15.0. The highest BCUT2D eigenvalue weighted by atomic mass is 32.2. The molecule has 0 aliphatic carbocycles. The Morgan fingerprint density at radius 3 is 2.50 bits per heavy atom. The molecule has 0 saturated heterocycles. The molecule has 0 saturated carbocycles. The molecule has 0 bridgehead atoms. The topological polar surface area (TPSA) is 98.0 Å². The molecule has 6 rings (SSSR count). The SMILES string of the molecule is COC(=O)Cn1c(=NC(=O)c2ccc(S(=O)(=O)N3CCCc4ccccc43)cc2)sc2c3ccccc3ccc21. The Morgan fingerprint density at radius 2 is 1.70 bits per heavy atom. The summed E-state index contributed by atoms with van der Waals surface area (Å²) in [7, 11) is -2.49. The van der Waals surface area contributed by atoms with Gasteiger partial charge in [0, 0.05) is 17.5 Å². The number of carbonyl (C=O) groups is 2. The van der Waals surface area contributed by atoms with Crippen molar-refractivity contribution in [3.8, 4) is 0 Å². The number of fused-ring (bicyclic) bond motifs is 4. The first kappa shape index (κ1) is 26.0. The lowest BCUT2D eigenvalue weighted by Gasteiger charge is -2.30. The zero-order valence-corrected chi connectivity index (χ0v) is 23.2. The van der Waals surface area contributed by atoms with Gasteiger partial charge in [-0.05, 0) is 60.2 Å². The van der Waals surface area contributed by atoms with Gasteiger partial charge in [-0.3, -0.25) is 13.9 Å². The molecule has 1 aliphatic rings. The highest BCUT2D eigenvalue weighted by molar-refractivity contribution is 7.92. The molecule has 0 spiro atoms. The molecule has 0 fully saturated rings. The van der Waals surface area contributed by atoms with E-state index in [9.17, 15) is 18.0 Å². The molecule has 1 aromatic heterocycles. The van der Waals surface area contributed by atoms with Crippen molar-refractivity contribution in [1.82, 2.24) is 4.57 Å². The molecule has 0 N–H and O–H groups in total. The van der Waals surface area contributed by atoms with Crippen molar-refractivity contribution >= 4 is 59.9 Å². The van der Waals surface area contributed by atoms with Gasteiger partial charge in [0.2, 0.25) is 0 Å². The van der Waals surface area contributed by atoms with Crippen LogP contribution in [0.25, 0.3) is 21.0 Å². The van der Waals surface area contributed by atoms with Crippen LogP contribution < -0.4 is 9.11 Å². The fourth-order valence-electron chi connectivity index (χ4n) is 5.03. The highest BCUT2D eigenvalue weighted by Gasteiger charge is 2.29. The summed E-state index contributed by atoms with van der Waals surface area (Å²) in [4.78, 5) is 30.3. The Labute approximate surface area is 234 Å². The van der Waals surface area contributed by atoms with Crippen molar-refractivity contribution in [3.05, 3.63) is 101 Å². The van der Waals surface area contributed by atoms with E-state index in [2.05, 4.69) is 4.99 Å². The number of anilines is 1. The number of hydrogen-bond acceptors (Lipinski definition) is 6. The second kappa shape index (κ2) is 10.4. The van der Waals surface area contributed by atoms with E-state index >= 15 is 0 Å². The minimum atomic E-state index is -3.80. The number of benzene rings is 4. The van der Waals surface area contributed by atoms with E-state index in [-0.39, 0.29) is 17.0 Å². The molecule has 0 radical (unpaired) electrons. The van der Waals surface area contributed by atoms with Crippen molar-refractivity contribution in [2.75, 3.05) is 18.0 Å². The molecule has 40 heavy (non-hydrogen) atoms. The smallest absolute Gasteiger partial charge is 0.325 e. The number of amides is 1. The molecule has 4 aromatic carbocycles. The van der Waals surface area contributed by atoms with Gasteiger partial charge in [0.1, 0.15) is 6.54 Å². The van der Waals surface area contributed by atoms with Crippen LogP contribution in [0.15, 0.2) is 94.8 Å². The predicted octanol–water partition coefficient (Wildman–Crippen LogP) is 4.91. The minimum Gasteiger partial charge on any atom is -0.468 e. The number of sulfonamides is 1. The van der Waals surface area contributed by atoms with Gasteiger partial charge in [-0.1, -0.05) is 59.9 Å². The summed E-state index contributed by atoms with van der Waals surface area (Å²) in [5.41, 5.74) is 2.70. The molecule has 0 atom stereocenters. The molecule has 0 unspecified atom stereocenters. The van der Waals surface area contributed by atoms with Crippen LogP contribution in [-0.2, 0) is 32.5 Å². The molecule has 2 heterocycles. The monoisotopic (exact) mass is 571 g/mol. The van der Waals surface area contributed by atoms with Crippen LogP contribution in [0.2, 0.25) is 0 Å². The Morgan fingerprint density at radius 1 is 0.950 bits per heavy atom. The van der Waals surface area contributed by atoms with E-state index in [0.717, 1.165) is 39.4 Å². The molecule has 5 aromatic rings. The average molecular weight is 572 g/mol. The van der Waals surface area contributed by atoms with Gasteiger partial charge in [0.15, 0.2) is 4.80 Å². The summed E-state index contributed by atoms with van der Waals surface area (Å²) in [6.45, 7) is 0.297.